The van der Waals surface area contributed by atoms with Crippen LogP contribution in [0.2, 0.25) is 0 Å². The Morgan fingerprint density at radius 3 is 2.92 bits per heavy atom. The lowest BCUT2D eigenvalue weighted by Gasteiger charge is -2.18. The van der Waals surface area contributed by atoms with Crippen molar-refractivity contribution in [3.05, 3.63) is 35.2 Å². The zero-order chi connectivity index (χ0) is 18.8. The smallest absolute Gasteiger partial charge is 0.407 e. The van der Waals surface area contributed by atoms with E-state index in [2.05, 4.69) is 10.6 Å². The number of rotatable bonds is 9. The van der Waals surface area contributed by atoms with E-state index in [0.29, 0.717) is 13.0 Å². The molecule has 0 fully saturated rings. The van der Waals surface area contributed by atoms with Gasteiger partial charge in [0, 0.05) is 17.7 Å². The molecule has 0 saturated heterocycles. The topological polar surface area (TPSA) is 91.2 Å². The van der Waals surface area contributed by atoms with Crippen molar-refractivity contribution < 1.29 is 14.3 Å². The standard InChI is InChI=1S/C19H23N3O3S/c1-2-3-11-25-19(24)22-16(18(23)21-10-6-9-20)12-14-13-26-17-8-5-4-7-15(14)17/h4-5,7-8,13,16H,2-3,6,10-12H2,1H3,(H,21,23)(H,22,24). The maximum atomic E-state index is 12.5. The van der Waals surface area contributed by atoms with Gasteiger partial charge in [0.05, 0.1) is 19.1 Å². The van der Waals surface area contributed by atoms with Crippen molar-refractivity contribution in [2.75, 3.05) is 13.2 Å². The number of carbonyl (C=O) groups is 2. The number of hydrogen-bond donors (Lipinski definition) is 2. The summed E-state index contributed by atoms with van der Waals surface area (Å²) in [6.07, 6.45) is 1.69. The summed E-state index contributed by atoms with van der Waals surface area (Å²) in [5, 5.41) is 17.0. The quantitative estimate of drug-likeness (QED) is 0.659. The first kappa shape index (κ1) is 19.7. The second-order valence-electron chi connectivity index (χ2n) is 5.85. The van der Waals surface area contributed by atoms with Crippen molar-refractivity contribution in [1.29, 1.82) is 5.26 Å². The molecule has 0 spiro atoms. The number of alkyl carbamates (subject to hydrolysis) is 1. The Kier molecular flexibility index (Phi) is 7.90. The van der Waals surface area contributed by atoms with Crippen molar-refractivity contribution in [3.63, 3.8) is 0 Å². The highest BCUT2D eigenvalue weighted by Crippen LogP contribution is 2.26. The lowest BCUT2D eigenvalue weighted by atomic mass is 10.0. The molecule has 0 aliphatic rings. The SMILES string of the molecule is CCCCOC(=O)NC(Cc1csc2ccccc12)C(=O)NCCC#N. The molecule has 2 amide bonds. The van der Waals surface area contributed by atoms with Crippen LogP contribution in [0.25, 0.3) is 10.1 Å². The summed E-state index contributed by atoms with van der Waals surface area (Å²) in [6, 6.07) is 9.19. The Bertz CT molecular complexity index is 782. The monoisotopic (exact) mass is 373 g/mol. The van der Waals surface area contributed by atoms with Crippen molar-refractivity contribution in [3.8, 4) is 6.07 Å². The van der Waals surface area contributed by atoms with Crippen LogP contribution in [-0.4, -0.2) is 31.2 Å². The van der Waals surface area contributed by atoms with E-state index in [4.69, 9.17) is 10.00 Å². The van der Waals surface area contributed by atoms with Crippen LogP contribution in [0, 0.1) is 11.3 Å². The minimum atomic E-state index is -0.749. The van der Waals surface area contributed by atoms with E-state index in [0.717, 1.165) is 28.5 Å². The number of unbranched alkanes of at least 4 members (excludes halogenated alkanes) is 1. The Labute approximate surface area is 157 Å². The summed E-state index contributed by atoms with van der Waals surface area (Å²) in [5.41, 5.74) is 1.000. The Morgan fingerprint density at radius 2 is 2.15 bits per heavy atom. The molecule has 1 atom stereocenters. The average Bonchev–Trinajstić information content (AvgIpc) is 3.04. The Balaban J connectivity index is 2.07. The van der Waals surface area contributed by atoms with Gasteiger partial charge < -0.3 is 15.4 Å². The number of amides is 2. The van der Waals surface area contributed by atoms with Gasteiger partial charge in [-0.1, -0.05) is 31.5 Å². The molecule has 26 heavy (non-hydrogen) atoms. The number of nitrogens with zero attached hydrogens (tertiary/aromatic N) is 1. The molecule has 0 radical (unpaired) electrons. The number of nitrogens with one attached hydrogen (secondary N) is 2. The van der Waals surface area contributed by atoms with Crippen LogP contribution in [0.4, 0.5) is 4.79 Å². The fourth-order valence-electron chi connectivity index (χ4n) is 2.48. The van der Waals surface area contributed by atoms with E-state index in [1.165, 1.54) is 0 Å². The van der Waals surface area contributed by atoms with E-state index < -0.39 is 12.1 Å². The van der Waals surface area contributed by atoms with Crippen LogP contribution in [0.15, 0.2) is 29.6 Å². The highest BCUT2D eigenvalue weighted by atomic mass is 32.1. The third-order valence-electron chi connectivity index (χ3n) is 3.86. The first-order chi connectivity index (χ1) is 12.7. The molecule has 0 saturated carbocycles. The van der Waals surface area contributed by atoms with Gasteiger partial charge in [-0.3, -0.25) is 4.79 Å². The Morgan fingerprint density at radius 1 is 1.35 bits per heavy atom. The van der Waals surface area contributed by atoms with Crippen molar-refractivity contribution >= 4 is 33.4 Å². The number of thiophene rings is 1. The van der Waals surface area contributed by atoms with Gasteiger partial charge in [-0.15, -0.1) is 11.3 Å². The van der Waals surface area contributed by atoms with Crippen LogP contribution >= 0.6 is 11.3 Å². The van der Waals surface area contributed by atoms with Gasteiger partial charge in [0.25, 0.3) is 0 Å². The van der Waals surface area contributed by atoms with E-state index in [-0.39, 0.29) is 18.9 Å². The molecule has 6 nitrogen and oxygen atoms in total. The third kappa shape index (κ3) is 5.74. The number of nitriles is 1. The number of hydrogen-bond acceptors (Lipinski definition) is 5. The van der Waals surface area contributed by atoms with Gasteiger partial charge in [-0.25, -0.2) is 4.79 Å². The summed E-state index contributed by atoms with van der Waals surface area (Å²) in [7, 11) is 0. The summed E-state index contributed by atoms with van der Waals surface area (Å²) >= 11 is 1.61. The minimum Gasteiger partial charge on any atom is -0.450 e. The maximum absolute atomic E-state index is 12.5. The zero-order valence-electron chi connectivity index (χ0n) is 14.8. The molecule has 1 aromatic carbocycles. The normalized spacial score (nSPS) is 11.5. The first-order valence-corrected chi connectivity index (χ1v) is 9.56. The predicted molar refractivity (Wildman–Crippen MR) is 102 cm³/mol. The van der Waals surface area contributed by atoms with Crippen molar-refractivity contribution in [1.82, 2.24) is 10.6 Å². The highest BCUT2D eigenvalue weighted by Gasteiger charge is 2.23. The molecule has 0 aliphatic heterocycles. The van der Waals surface area contributed by atoms with E-state index >= 15 is 0 Å². The summed E-state index contributed by atoms with van der Waals surface area (Å²) < 4.78 is 6.25. The molecule has 7 heteroatoms. The maximum Gasteiger partial charge on any atom is 0.407 e. The fourth-order valence-corrected chi connectivity index (χ4v) is 3.45. The lowest BCUT2D eigenvalue weighted by molar-refractivity contribution is -0.123. The van der Waals surface area contributed by atoms with Crippen molar-refractivity contribution in [2.45, 2.75) is 38.6 Å². The van der Waals surface area contributed by atoms with Crippen LogP contribution in [0.5, 0.6) is 0 Å². The molecular formula is C19H23N3O3S. The van der Waals surface area contributed by atoms with Crippen LogP contribution < -0.4 is 10.6 Å². The molecule has 2 aromatic rings. The van der Waals surface area contributed by atoms with Gasteiger partial charge in [0.1, 0.15) is 6.04 Å². The van der Waals surface area contributed by atoms with Gasteiger partial charge >= 0.3 is 6.09 Å². The fraction of sp³-hybridized carbons (Fsp3) is 0.421. The number of fused-ring (bicyclic) bond motifs is 1. The molecule has 2 rings (SSSR count). The largest absolute Gasteiger partial charge is 0.450 e. The summed E-state index contributed by atoms with van der Waals surface area (Å²) in [5.74, 6) is -0.317. The van der Waals surface area contributed by atoms with Gasteiger partial charge in [-0.2, -0.15) is 5.26 Å². The number of ether oxygens (including phenoxy) is 1. The first-order valence-electron chi connectivity index (χ1n) is 8.68. The van der Waals surface area contributed by atoms with Crippen LogP contribution in [-0.2, 0) is 16.0 Å². The molecular weight excluding hydrogens is 350 g/mol. The van der Waals surface area contributed by atoms with Crippen LogP contribution in [0.3, 0.4) is 0 Å². The molecule has 2 N–H and O–H groups in total. The highest BCUT2D eigenvalue weighted by molar-refractivity contribution is 7.17. The minimum absolute atomic E-state index is 0.223. The lowest BCUT2D eigenvalue weighted by Crippen LogP contribution is -2.48. The van der Waals surface area contributed by atoms with Gasteiger partial charge in [0.15, 0.2) is 0 Å². The predicted octanol–water partition coefficient (Wildman–Crippen LogP) is 3.37. The molecule has 1 unspecified atom stereocenters. The van der Waals surface area contributed by atoms with Crippen molar-refractivity contribution in [2.24, 2.45) is 0 Å². The van der Waals surface area contributed by atoms with Gasteiger partial charge in [-0.05, 0) is 28.8 Å². The van der Waals surface area contributed by atoms with Gasteiger partial charge in [0.2, 0.25) is 5.91 Å². The molecule has 0 aliphatic carbocycles. The van der Waals surface area contributed by atoms with E-state index in [9.17, 15) is 9.59 Å². The van der Waals surface area contributed by atoms with E-state index in [1.807, 2.05) is 42.6 Å². The average molecular weight is 373 g/mol. The Hall–Kier alpha value is -2.59. The second kappa shape index (κ2) is 10.4. The van der Waals surface area contributed by atoms with E-state index in [1.54, 1.807) is 11.3 Å². The second-order valence-corrected chi connectivity index (χ2v) is 6.76. The third-order valence-corrected chi connectivity index (χ3v) is 4.87. The number of carbonyl (C=O) groups excluding carboxylic acids is 2. The molecule has 0 bridgehead atoms. The molecule has 1 heterocycles. The summed E-state index contributed by atoms with van der Waals surface area (Å²) in [4.78, 5) is 24.5. The zero-order valence-corrected chi connectivity index (χ0v) is 15.6. The molecule has 138 valence electrons. The van der Waals surface area contributed by atoms with Crippen LogP contribution in [0.1, 0.15) is 31.7 Å². The number of benzene rings is 1. The summed E-state index contributed by atoms with van der Waals surface area (Å²) in [6.45, 7) is 2.59. The molecule has 1 aromatic heterocycles.